The van der Waals surface area contributed by atoms with E-state index in [1.54, 1.807) is 0 Å². The van der Waals surface area contributed by atoms with Crippen LogP contribution in [0.25, 0.3) is 0 Å². The monoisotopic (exact) mass is 338 g/mol. The molecule has 1 aromatic carbocycles. The van der Waals surface area contributed by atoms with Crippen molar-refractivity contribution in [2.24, 2.45) is 0 Å². The van der Waals surface area contributed by atoms with Crippen LogP contribution in [0.2, 0.25) is 0 Å². The number of aryl methyl sites for hydroxylation is 1. The Labute approximate surface area is 149 Å². The zero-order valence-corrected chi connectivity index (χ0v) is 14.9. The molecular weight excluding hydrogens is 312 g/mol. The van der Waals surface area contributed by atoms with Crippen LogP contribution in [0, 0.1) is 6.92 Å². The van der Waals surface area contributed by atoms with Gasteiger partial charge in [0.25, 0.3) is 5.91 Å². The van der Waals surface area contributed by atoms with Crippen LogP contribution in [-0.2, 0) is 11.3 Å². The summed E-state index contributed by atoms with van der Waals surface area (Å²) in [5, 5.41) is 0. The van der Waals surface area contributed by atoms with Crippen molar-refractivity contribution in [1.82, 2.24) is 9.47 Å². The van der Waals surface area contributed by atoms with Crippen LogP contribution in [0.15, 0.2) is 42.6 Å². The van der Waals surface area contributed by atoms with Crippen molar-refractivity contribution in [2.45, 2.75) is 51.3 Å². The molecule has 1 aromatic heterocycles. The normalized spacial score (nSPS) is 20.0. The second kappa shape index (κ2) is 7.04. The topological polar surface area (TPSA) is 34.5 Å². The summed E-state index contributed by atoms with van der Waals surface area (Å²) in [5.41, 5.74) is 3.22. The lowest BCUT2D eigenvalue weighted by atomic mass is 10.1. The standard InChI is InChI=1S/C21H26N2O2/c1-16-5-2-6-17(13-16)14-22(15-19-7-4-12-25-19)21(24)20-8-3-11-23(20)18-9-10-18/h2-3,5-6,8,11,13,18-19H,4,7,9-10,12,14-15H2,1H3. The molecule has 1 aliphatic heterocycles. The summed E-state index contributed by atoms with van der Waals surface area (Å²) in [6, 6.07) is 12.9. The third kappa shape index (κ3) is 3.79. The Bertz CT molecular complexity index is 742. The number of carbonyl (C=O) groups is 1. The molecule has 4 heteroatoms. The SMILES string of the molecule is Cc1cccc(CN(CC2CCCO2)C(=O)c2cccn2C2CC2)c1. The van der Waals surface area contributed by atoms with Crippen molar-refractivity contribution in [2.75, 3.05) is 13.2 Å². The number of carbonyl (C=O) groups excluding carboxylic acids is 1. The van der Waals surface area contributed by atoms with Gasteiger partial charge < -0.3 is 14.2 Å². The minimum atomic E-state index is 0.119. The molecule has 4 rings (SSSR count). The highest BCUT2D eigenvalue weighted by molar-refractivity contribution is 5.93. The van der Waals surface area contributed by atoms with Gasteiger partial charge in [-0.05, 0) is 50.3 Å². The third-order valence-electron chi connectivity index (χ3n) is 5.13. The second-order valence-electron chi connectivity index (χ2n) is 7.34. The van der Waals surface area contributed by atoms with Crippen molar-refractivity contribution in [3.05, 3.63) is 59.4 Å². The lowest BCUT2D eigenvalue weighted by molar-refractivity contribution is 0.0499. The molecule has 0 N–H and O–H groups in total. The van der Waals surface area contributed by atoms with Crippen LogP contribution in [-0.4, -0.2) is 34.6 Å². The van der Waals surface area contributed by atoms with E-state index in [2.05, 4.69) is 35.8 Å². The number of rotatable bonds is 6. The number of aromatic nitrogens is 1. The highest BCUT2D eigenvalue weighted by Crippen LogP contribution is 2.36. The summed E-state index contributed by atoms with van der Waals surface area (Å²) in [6.45, 7) is 4.21. The molecule has 2 aliphatic rings. The van der Waals surface area contributed by atoms with Crippen LogP contribution in [0.3, 0.4) is 0 Å². The van der Waals surface area contributed by atoms with E-state index in [1.165, 1.54) is 24.0 Å². The van der Waals surface area contributed by atoms with Gasteiger partial charge in [0.2, 0.25) is 0 Å². The molecule has 0 bridgehead atoms. The zero-order valence-electron chi connectivity index (χ0n) is 14.9. The third-order valence-corrected chi connectivity index (χ3v) is 5.13. The van der Waals surface area contributed by atoms with E-state index >= 15 is 0 Å². The van der Waals surface area contributed by atoms with Crippen molar-refractivity contribution in [3.63, 3.8) is 0 Å². The summed E-state index contributed by atoms with van der Waals surface area (Å²) >= 11 is 0. The van der Waals surface area contributed by atoms with Gasteiger partial charge >= 0.3 is 0 Å². The number of nitrogens with zero attached hydrogens (tertiary/aromatic N) is 2. The van der Waals surface area contributed by atoms with E-state index in [0.717, 1.165) is 25.1 Å². The van der Waals surface area contributed by atoms with Crippen LogP contribution in [0.5, 0.6) is 0 Å². The van der Waals surface area contributed by atoms with Gasteiger partial charge in [0, 0.05) is 31.9 Å². The maximum absolute atomic E-state index is 13.3. The van der Waals surface area contributed by atoms with Crippen molar-refractivity contribution >= 4 is 5.91 Å². The van der Waals surface area contributed by atoms with Crippen LogP contribution < -0.4 is 0 Å². The fourth-order valence-corrected chi connectivity index (χ4v) is 3.69. The van der Waals surface area contributed by atoms with Gasteiger partial charge in [-0.1, -0.05) is 29.8 Å². The molecular formula is C21H26N2O2. The highest BCUT2D eigenvalue weighted by atomic mass is 16.5. The van der Waals surface area contributed by atoms with E-state index < -0.39 is 0 Å². The molecule has 0 spiro atoms. The number of hydrogen-bond donors (Lipinski definition) is 0. The molecule has 1 saturated heterocycles. The van der Waals surface area contributed by atoms with Gasteiger partial charge in [0.1, 0.15) is 5.69 Å². The molecule has 1 unspecified atom stereocenters. The number of ether oxygens (including phenoxy) is 1. The summed E-state index contributed by atoms with van der Waals surface area (Å²) in [6.07, 6.45) is 6.70. The minimum Gasteiger partial charge on any atom is -0.376 e. The van der Waals surface area contributed by atoms with Gasteiger partial charge in [0.05, 0.1) is 6.10 Å². The Morgan fingerprint density at radius 3 is 2.84 bits per heavy atom. The van der Waals surface area contributed by atoms with Gasteiger partial charge in [-0.3, -0.25) is 4.79 Å². The summed E-state index contributed by atoms with van der Waals surface area (Å²) < 4.78 is 7.96. The highest BCUT2D eigenvalue weighted by Gasteiger charge is 2.30. The predicted octanol–water partition coefficient (Wildman–Crippen LogP) is 3.95. The van der Waals surface area contributed by atoms with Crippen molar-refractivity contribution in [1.29, 1.82) is 0 Å². The lowest BCUT2D eigenvalue weighted by Gasteiger charge is -2.26. The molecule has 0 radical (unpaired) electrons. The molecule has 1 aliphatic carbocycles. The largest absolute Gasteiger partial charge is 0.376 e. The average Bonchev–Trinajstić information content (AvgIpc) is 3.10. The molecule has 132 valence electrons. The summed E-state index contributed by atoms with van der Waals surface area (Å²) in [4.78, 5) is 15.3. The first-order chi connectivity index (χ1) is 12.2. The number of benzene rings is 1. The predicted molar refractivity (Wildman–Crippen MR) is 97.6 cm³/mol. The summed E-state index contributed by atoms with van der Waals surface area (Å²) in [5.74, 6) is 0.119. The van der Waals surface area contributed by atoms with Gasteiger partial charge in [-0.15, -0.1) is 0 Å². The molecule has 2 aromatic rings. The molecule has 1 atom stereocenters. The first-order valence-corrected chi connectivity index (χ1v) is 9.34. The van der Waals surface area contributed by atoms with E-state index in [4.69, 9.17) is 4.74 Å². The maximum atomic E-state index is 13.3. The maximum Gasteiger partial charge on any atom is 0.270 e. The van der Waals surface area contributed by atoms with E-state index in [-0.39, 0.29) is 12.0 Å². The average molecular weight is 338 g/mol. The van der Waals surface area contributed by atoms with Crippen molar-refractivity contribution < 1.29 is 9.53 Å². The van der Waals surface area contributed by atoms with E-state index in [0.29, 0.717) is 19.1 Å². The quantitative estimate of drug-likeness (QED) is 0.799. The number of amides is 1. The molecule has 1 amide bonds. The van der Waals surface area contributed by atoms with E-state index in [9.17, 15) is 4.79 Å². The Kier molecular flexibility index (Phi) is 4.62. The minimum absolute atomic E-state index is 0.119. The Hall–Kier alpha value is -2.07. The van der Waals surface area contributed by atoms with Crippen LogP contribution in [0.1, 0.15) is 53.3 Å². The van der Waals surface area contributed by atoms with Gasteiger partial charge in [0.15, 0.2) is 0 Å². The molecule has 2 heterocycles. The molecule has 2 fully saturated rings. The van der Waals surface area contributed by atoms with Crippen molar-refractivity contribution in [3.8, 4) is 0 Å². The van der Waals surface area contributed by atoms with Gasteiger partial charge in [-0.2, -0.15) is 0 Å². The first kappa shape index (κ1) is 16.4. The lowest BCUT2D eigenvalue weighted by Crippen LogP contribution is -2.37. The Morgan fingerprint density at radius 1 is 1.24 bits per heavy atom. The fraction of sp³-hybridized carbons (Fsp3) is 0.476. The summed E-state index contributed by atoms with van der Waals surface area (Å²) in [7, 11) is 0. The number of hydrogen-bond acceptors (Lipinski definition) is 2. The van der Waals surface area contributed by atoms with Crippen LogP contribution >= 0.6 is 0 Å². The molecule has 25 heavy (non-hydrogen) atoms. The smallest absolute Gasteiger partial charge is 0.270 e. The van der Waals surface area contributed by atoms with Crippen LogP contribution in [0.4, 0.5) is 0 Å². The first-order valence-electron chi connectivity index (χ1n) is 9.34. The fourth-order valence-electron chi connectivity index (χ4n) is 3.69. The zero-order chi connectivity index (χ0) is 17.2. The van der Waals surface area contributed by atoms with E-state index in [1.807, 2.05) is 23.2 Å². The van der Waals surface area contributed by atoms with Gasteiger partial charge in [-0.25, -0.2) is 0 Å². The Balaban J connectivity index is 1.57. The molecule has 4 nitrogen and oxygen atoms in total. The Morgan fingerprint density at radius 2 is 2.12 bits per heavy atom. The second-order valence-corrected chi connectivity index (χ2v) is 7.34. The molecule has 1 saturated carbocycles.